The summed E-state index contributed by atoms with van der Waals surface area (Å²) in [6.07, 6.45) is 6.14. The van der Waals surface area contributed by atoms with Crippen molar-refractivity contribution in [3.8, 4) is 5.75 Å². The van der Waals surface area contributed by atoms with Crippen molar-refractivity contribution in [1.82, 2.24) is 0 Å². The second-order valence-electron chi connectivity index (χ2n) is 7.15. The molecule has 1 aromatic rings. The highest BCUT2D eigenvalue weighted by molar-refractivity contribution is 6.30. The predicted molar refractivity (Wildman–Crippen MR) is 86.0 cm³/mol. The maximum absolute atomic E-state index is 11.2. The van der Waals surface area contributed by atoms with E-state index in [0.717, 1.165) is 42.6 Å². The zero-order chi connectivity index (χ0) is 15.0. The van der Waals surface area contributed by atoms with Gasteiger partial charge in [0, 0.05) is 22.4 Å². The summed E-state index contributed by atoms with van der Waals surface area (Å²) in [5.41, 5.74) is 2.06. The van der Waals surface area contributed by atoms with Crippen LogP contribution in [0.25, 0.3) is 0 Å². The molecule has 0 radical (unpaired) electrons. The Balaban J connectivity index is 1.99. The highest BCUT2D eigenvalue weighted by atomic mass is 35.5. The minimum Gasteiger partial charge on any atom is -0.493 e. The number of benzene rings is 1. The van der Waals surface area contributed by atoms with Crippen LogP contribution in [0.4, 0.5) is 0 Å². The third-order valence-electron chi connectivity index (χ3n) is 5.07. The van der Waals surface area contributed by atoms with Gasteiger partial charge < -0.3 is 9.84 Å². The SMILES string of the molecule is CC(C)CC1(C(O)c2cc(Cl)cc3c2OCC3)CCCC1. The van der Waals surface area contributed by atoms with E-state index in [0.29, 0.717) is 17.5 Å². The van der Waals surface area contributed by atoms with E-state index in [2.05, 4.69) is 13.8 Å². The molecule has 0 saturated heterocycles. The Morgan fingerprint density at radius 1 is 1.29 bits per heavy atom. The largest absolute Gasteiger partial charge is 0.493 e. The molecule has 2 aliphatic rings. The lowest BCUT2D eigenvalue weighted by atomic mass is 9.71. The molecule has 1 fully saturated rings. The number of rotatable bonds is 4. The van der Waals surface area contributed by atoms with Gasteiger partial charge in [-0.1, -0.05) is 38.3 Å². The Morgan fingerprint density at radius 2 is 2.00 bits per heavy atom. The average Bonchev–Trinajstić information content (AvgIpc) is 3.05. The number of hydrogen-bond acceptors (Lipinski definition) is 2. The summed E-state index contributed by atoms with van der Waals surface area (Å²) in [6.45, 7) is 5.18. The molecular weight excluding hydrogens is 284 g/mol. The van der Waals surface area contributed by atoms with Gasteiger partial charge in [0.1, 0.15) is 5.75 Å². The van der Waals surface area contributed by atoms with Crippen LogP contribution in [0, 0.1) is 11.3 Å². The summed E-state index contributed by atoms with van der Waals surface area (Å²) in [5, 5.41) is 11.9. The minimum atomic E-state index is -0.465. The number of halogens is 1. The topological polar surface area (TPSA) is 29.5 Å². The lowest BCUT2D eigenvalue weighted by Crippen LogP contribution is -2.28. The number of fused-ring (bicyclic) bond motifs is 1. The van der Waals surface area contributed by atoms with Crippen molar-refractivity contribution < 1.29 is 9.84 Å². The van der Waals surface area contributed by atoms with Crippen LogP contribution >= 0.6 is 11.6 Å². The van der Waals surface area contributed by atoms with Gasteiger partial charge in [-0.05, 0) is 42.9 Å². The van der Waals surface area contributed by atoms with Crippen molar-refractivity contribution in [1.29, 1.82) is 0 Å². The molecular formula is C18H25ClO2. The molecule has 1 atom stereocenters. The molecule has 0 amide bonds. The van der Waals surface area contributed by atoms with E-state index in [4.69, 9.17) is 16.3 Å². The van der Waals surface area contributed by atoms with Gasteiger partial charge in [-0.15, -0.1) is 0 Å². The van der Waals surface area contributed by atoms with Gasteiger partial charge in [0.25, 0.3) is 0 Å². The molecule has 2 nitrogen and oxygen atoms in total. The first-order valence-corrected chi connectivity index (χ1v) is 8.53. The molecule has 116 valence electrons. The van der Waals surface area contributed by atoms with E-state index in [1.165, 1.54) is 12.8 Å². The maximum Gasteiger partial charge on any atom is 0.128 e. The highest BCUT2D eigenvalue weighted by Gasteiger charge is 2.43. The smallest absolute Gasteiger partial charge is 0.128 e. The van der Waals surface area contributed by atoms with Crippen molar-refractivity contribution in [2.75, 3.05) is 6.61 Å². The van der Waals surface area contributed by atoms with Gasteiger partial charge >= 0.3 is 0 Å². The van der Waals surface area contributed by atoms with Crippen LogP contribution < -0.4 is 4.74 Å². The Labute approximate surface area is 132 Å². The van der Waals surface area contributed by atoms with Crippen molar-refractivity contribution in [2.45, 2.75) is 58.5 Å². The second kappa shape index (κ2) is 5.81. The van der Waals surface area contributed by atoms with Gasteiger partial charge in [-0.25, -0.2) is 0 Å². The first-order valence-electron chi connectivity index (χ1n) is 8.15. The first-order chi connectivity index (χ1) is 10.0. The van der Waals surface area contributed by atoms with Crippen LogP contribution in [0.15, 0.2) is 12.1 Å². The minimum absolute atomic E-state index is 0.00142. The maximum atomic E-state index is 11.2. The Bertz CT molecular complexity index is 518. The molecule has 0 spiro atoms. The molecule has 0 bridgehead atoms. The summed E-state index contributed by atoms with van der Waals surface area (Å²) in [7, 11) is 0. The van der Waals surface area contributed by atoms with Crippen molar-refractivity contribution >= 4 is 11.6 Å². The zero-order valence-electron chi connectivity index (χ0n) is 13.0. The fraction of sp³-hybridized carbons (Fsp3) is 0.667. The lowest BCUT2D eigenvalue weighted by molar-refractivity contribution is 0.00961. The Hall–Kier alpha value is -0.730. The van der Waals surface area contributed by atoms with E-state index < -0.39 is 6.10 Å². The molecule has 1 saturated carbocycles. The van der Waals surface area contributed by atoms with E-state index >= 15 is 0 Å². The van der Waals surface area contributed by atoms with E-state index in [-0.39, 0.29) is 5.41 Å². The van der Waals surface area contributed by atoms with Crippen LogP contribution in [-0.4, -0.2) is 11.7 Å². The molecule has 21 heavy (non-hydrogen) atoms. The fourth-order valence-corrected chi connectivity index (χ4v) is 4.56. The second-order valence-corrected chi connectivity index (χ2v) is 7.59. The highest BCUT2D eigenvalue weighted by Crippen LogP contribution is 2.54. The lowest BCUT2D eigenvalue weighted by Gasteiger charge is -2.36. The molecule has 1 aliphatic carbocycles. The van der Waals surface area contributed by atoms with Crippen LogP contribution in [0.3, 0.4) is 0 Å². The molecule has 1 aliphatic heterocycles. The van der Waals surface area contributed by atoms with E-state index in [9.17, 15) is 5.11 Å². The molecule has 1 N–H and O–H groups in total. The van der Waals surface area contributed by atoms with Crippen LogP contribution in [0.1, 0.15) is 63.2 Å². The molecule has 3 heteroatoms. The van der Waals surface area contributed by atoms with Gasteiger partial charge in [0.15, 0.2) is 0 Å². The molecule has 1 heterocycles. The number of aliphatic hydroxyl groups excluding tert-OH is 1. The van der Waals surface area contributed by atoms with E-state index in [1.807, 2.05) is 12.1 Å². The predicted octanol–water partition coefficient (Wildman–Crippen LogP) is 4.91. The zero-order valence-corrected chi connectivity index (χ0v) is 13.7. The average molecular weight is 309 g/mol. The Kier molecular flexibility index (Phi) is 4.20. The molecule has 0 aromatic heterocycles. The monoisotopic (exact) mass is 308 g/mol. The summed E-state index contributed by atoms with van der Waals surface area (Å²) in [4.78, 5) is 0. The van der Waals surface area contributed by atoms with Crippen molar-refractivity contribution in [3.05, 3.63) is 28.3 Å². The van der Waals surface area contributed by atoms with Gasteiger partial charge in [0.05, 0.1) is 12.7 Å². The third kappa shape index (κ3) is 2.80. The van der Waals surface area contributed by atoms with Crippen LogP contribution in [0.2, 0.25) is 5.02 Å². The van der Waals surface area contributed by atoms with Crippen LogP contribution in [-0.2, 0) is 6.42 Å². The summed E-state index contributed by atoms with van der Waals surface area (Å²) >= 11 is 6.26. The summed E-state index contributed by atoms with van der Waals surface area (Å²) < 4.78 is 5.80. The van der Waals surface area contributed by atoms with Gasteiger partial charge in [-0.2, -0.15) is 0 Å². The van der Waals surface area contributed by atoms with Crippen molar-refractivity contribution in [2.24, 2.45) is 11.3 Å². The number of aliphatic hydroxyl groups is 1. The standard InChI is InChI=1S/C18H25ClO2/c1-12(2)11-18(6-3-4-7-18)17(20)15-10-14(19)9-13-5-8-21-16(13)15/h9-10,12,17,20H,3-8,11H2,1-2H3. The normalized spacial score (nSPS) is 21.4. The fourth-order valence-electron chi connectivity index (χ4n) is 4.31. The van der Waals surface area contributed by atoms with Crippen LogP contribution in [0.5, 0.6) is 5.75 Å². The summed E-state index contributed by atoms with van der Waals surface area (Å²) in [5.74, 6) is 1.48. The first kappa shape index (κ1) is 15.2. The molecule has 1 aromatic carbocycles. The van der Waals surface area contributed by atoms with Crippen molar-refractivity contribution in [3.63, 3.8) is 0 Å². The van der Waals surface area contributed by atoms with E-state index in [1.54, 1.807) is 0 Å². The molecule has 1 unspecified atom stereocenters. The molecule has 3 rings (SSSR count). The van der Waals surface area contributed by atoms with Gasteiger partial charge in [-0.3, -0.25) is 0 Å². The quantitative estimate of drug-likeness (QED) is 0.856. The third-order valence-corrected chi connectivity index (χ3v) is 5.28. The number of hydrogen-bond donors (Lipinski definition) is 1. The Morgan fingerprint density at radius 3 is 2.67 bits per heavy atom. The summed E-state index contributed by atoms with van der Waals surface area (Å²) in [6, 6.07) is 3.89. The number of ether oxygens (including phenoxy) is 1. The van der Waals surface area contributed by atoms with Gasteiger partial charge in [0.2, 0.25) is 0 Å².